The molecule has 0 aliphatic carbocycles. The summed E-state index contributed by atoms with van der Waals surface area (Å²) in [5, 5.41) is 21.1. The van der Waals surface area contributed by atoms with Crippen molar-refractivity contribution in [1.82, 2.24) is 15.3 Å². The highest BCUT2D eigenvalue weighted by molar-refractivity contribution is 9.10. The van der Waals surface area contributed by atoms with E-state index in [4.69, 9.17) is 5.11 Å². The number of fused-ring (bicyclic) bond motifs is 1. The van der Waals surface area contributed by atoms with Gasteiger partial charge in [0.05, 0.1) is 21.9 Å². The third-order valence-corrected chi connectivity index (χ3v) is 4.21. The van der Waals surface area contributed by atoms with Gasteiger partial charge < -0.3 is 15.5 Å². The zero-order valence-corrected chi connectivity index (χ0v) is 14.9. The highest BCUT2D eigenvalue weighted by atomic mass is 79.9. The van der Waals surface area contributed by atoms with E-state index >= 15 is 0 Å². The lowest BCUT2D eigenvalue weighted by Crippen LogP contribution is -2.29. The van der Waals surface area contributed by atoms with Crippen LogP contribution >= 0.6 is 15.9 Å². The van der Waals surface area contributed by atoms with E-state index in [-0.39, 0.29) is 32.3 Å². The molecular weight excluding hydrogens is 428 g/mol. The van der Waals surface area contributed by atoms with Crippen molar-refractivity contribution in [3.05, 3.63) is 52.1 Å². The Hall–Kier alpha value is -3.14. The maximum atomic E-state index is 13.5. The standard InChI is InChI=1S/C17H10BrF2N3O4/c18-8-4-11-15(14(16(8)26)17(27)22-6-13(24)25)23-12(5-21-11)7-1-2-9(19)10(20)3-7/h1-5,26H,6H2,(H,22,27)(H,24,25). The Morgan fingerprint density at radius 3 is 2.59 bits per heavy atom. The van der Waals surface area contributed by atoms with Crippen LogP contribution in [-0.2, 0) is 4.79 Å². The molecule has 0 radical (unpaired) electrons. The number of aromatic nitrogens is 2. The molecule has 0 aliphatic heterocycles. The molecule has 0 aliphatic rings. The van der Waals surface area contributed by atoms with Gasteiger partial charge in [0.2, 0.25) is 0 Å². The van der Waals surface area contributed by atoms with E-state index in [1.165, 1.54) is 18.3 Å². The largest absolute Gasteiger partial charge is 0.506 e. The number of carbonyl (C=O) groups excluding carboxylic acids is 1. The smallest absolute Gasteiger partial charge is 0.322 e. The van der Waals surface area contributed by atoms with Gasteiger partial charge in [-0.1, -0.05) is 0 Å². The van der Waals surface area contributed by atoms with Gasteiger partial charge in [-0.25, -0.2) is 13.8 Å². The molecule has 27 heavy (non-hydrogen) atoms. The molecule has 0 saturated carbocycles. The predicted octanol–water partition coefficient (Wildman–Crippen LogP) is 2.86. The molecule has 0 spiro atoms. The molecule has 2 aromatic carbocycles. The number of rotatable bonds is 4. The van der Waals surface area contributed by atoms with Crippen molar-refractivity contribution in [2.24, 2.45) is 0 Å². The Morgan fingerprint density at radius 2 is 1.93 bits per heavy atom. The molecular formula is C17H10BrF2N3O4. The number of carboxylic acids is 1. The van der Waals surface area contributed by atoms with Gasteiger partial charge in [0.25, 0.3) is 5.91 Å². The summed E-state index contributed by atoms with van der Waals surface area (Å²) in [4.78, 5) is 31.4. The van der Waals surface area contributed by atoms with Crippen LogP contribution in [0.3, 0.4) is 0 Å². The molecule has 7 nitrogen and oxygen atoms in total. The maximum Gasteiger partial charge on any atom is 0.322 e. The topological polar surface area (TPSA) is 112 Å². The van der Waals surface area contributed by atoms with E-state index in [1.54, 1.807) is 0 Å². The molecule has 0 saturated heterocycles. The van der Waals surface area contributed by atoms with Crippen LogP contribution < -0.4 is 5.32 Å². The summed E-state index contributed by atoms with van der Waals surface area (Å²) in [5.41, 5.74) is 0.253. The first-order chi connectivity index (χ1) is 12.8. The summed E-state index contributed by atoms with van der Waals surface area (Å²) in [6, 6.07) is 4.56. The van der Waals surface area contributed by atoms with Crippen LogP contribution in [-0.4, -0.2) is 38.6 Å². The van der Waals surface area contributed by atoms with E-state index in [9.17, 15) is 23.5 Å². The first-order valence-corrected chi connectivity index (χ1v) is 8.21. The Labute approximate surface area is 158 Å². The zero-order valence-electron chi connectivity index (χ0n) is 13.3. The molecule has 1 aromatic heterocycles. The summed E-state index contributed by atoms with van der Waals surface area (Å²) in [6.07, 6.45) is 1.30. The van der Waals surface area contributed by atoms with Crippen LogP contribution in [0, 0.1) is 11.6 Å². The van der Waals surface area contributed by atoms with Crippen molar-refractivity contribution in [1.29, 1.82) is 0 Å². The lowest BCUT2D eigenvalue weighted by Gasteiger charge is -2.11. The molecule has 3 N–H and O–H groups in total. The Bertz CT molecular complexity index is 1090. The first kappa shape index (κ1) is 18.6. The first-order valence-electron chi connectivity index (χ1n) is 7.41. The molecule has 10 heteroatoms. The number of phenols is 1. The van der Waals surface area contributed by atoms with E-state index in [1.807, 2.05) is 0 Å². The Kier molecular flexibility index (Phi) is 5.00. The van der Waals surface area contributed by atoms with E-state index < -0.39 is 35.8 Å². The Balaban J connectivity index is 2.17. The molecule has 3 rings (SSSR count). The highest BCUT2D eigenvalue weighted by Gasteiger charge is 2.21. The van der Waals surface area contributed by atoms with E-state index in [0.29, 0.717) is 0 Å². The summed E-state index contributed by atoms with van der Waals surface area (Å²) in [6.45, 7) is -0.664. The molecule has 1 heterocycles. The molecule has 0 atom stereocenters. The third-order valence-electron chi connectivity index (χ3n) is 3.61. The molecule has 0 fully saturated rings. The van der Waals surface area contributed by atoms with Gasteiger partial charge in [0.15, 0.2) is 11.6 Å². The third kappa shape index (κ3) is 3.70. The van der Waals surface area contributed by atoms with Gasteiger partial charge >= 0.3 is 5.97 Å². The second kappa shape index (κ2) is 7.23. The van der Waals surface area contributed by atoms with Crippen LogP contribution in [0.5, 0.6) is 5.75 Å². The summed E-state index contributed by atoms with van der Waals surface area (Å²) in [7, 11) is 0. The number of hydrogen-bond acceptors (Lipinski definition) is 5. The van der Waals surface area contributed by atoms with Gasteiger partial charge in [0.1, 0.15) is 23.4 Å². The van der Waals surface area contributed by atoms with Crippen molar-refractivity contribution in [3.8, 4) is 17.0 Å². The quantitative estimate of drug-likeness (QED) is 0.578. The van der Waals surface area contributed by atoms with Crippen molar-refractivity contribution >= 4 is 38.8 Å². The second-order valence-electron chi connectivity index (χ2n) is 5.41. The SMILES string of the molecule is O=C(O)CNC(=O)c1c(O)c(Br)cc2ncc(-c3ccc(F)c(F)c3)nc12. The van der Waals surface area contributed by atoms with Gasteiger partial charge in [-0.2, -0.15) is 0 Å². The molecule has 1 amide bonds. The molecule has 0 unspecified atom stereocenters. The second-order valence-corrected chi connectivity index (χ2v) is 6.26. The van der Waals surface area contributed by atoms with E-state index in [2.05, 4.69) is 31.2 Å². The monoisotopic (exact) mass is 437 g/mol. The van der Waals surface area contributed by atoms with Crippen molar-refractivity contribution in [2.75, 3.05) is 6.54 Å². The van der Waals surface area contributed by atoms with Gasteiger partial charge in [-0.15, -0.1) is 0 Å². The molecule has 0 bridgehead atoms. The van der Waals surface area contributed by atoms with Crippen molar-refractivity contribution < 1.29 is 28.6 Å². The maximum absolute atomic E-state index is 13.5. The number of nitrogens with zero attached hydrogens (tertiary/aromatic N) is 2. The number of aliphatic carboxylic acids is 1. The fourth-order valence-corrected chi connectivity index (χ4v) is 2.78. The summed E-state index contributed by atoms with van der Waals surface area (Å²) in [5.74, 6) is -4.70. The van der Waals surface area contributed by atoms with Crippen molar-refractivity contribution in [2.45, 2.75) is 0 Å². The number of carbonyl (C=O) groups is 2. The Morgan fingerprint density at radius 1 is 1.19 bits per heavy atom. The number of amides is 1. The number of carboxylic acid groups (broad SMARTS) is 1. The van der Waals surface area contributed by atoms with Crippen LogP contribution in [0.2, 0.25) is 0 Å². The number of halogens is 3. The van der Waals surface area contributed by atoms with E-state index in [0.717, 1.165) is 12.1 Å². The molecule has 138 valence electrons. The van der Waals surface area contributed by atoms with Gasteiger partial charge in [-0.05, 0) is 40.2 Å². The lowest BCUT2D eigenvalue weighted by molar-refractivity contribution is -0.135. The average molecular weight is 438 g/mol. The average Bonchev–Trinajstić information content (AvgIpc) is 2.63. The minimum absolute atomic E-state index is 0.0270. The summed E-state index contributed by atoms with van der Waals surface area (Å²) >= 11 is 3.09. The van der Waals surface area contributed by atoms with Gasteiger partial charge in [-0.3, -0.25) is 14.6 Å². The minimum Gasteiger partial charge on any atom is -0.506 e. The van der Waals surface area contributed by atoms with Crippen molar-refractivity contribution in [3.63, 3.8) is 0 Å². The van der Waals surface area contributed by atoms with Crippen LogP contribution in [0.1, 0.15) is 10.4 Å². The normalized spacial score (nSPS) is 10.8. The van der Waals surface area contributed by atoms with Crippen LogP contribution in [0.25, 0.3) is 22.3 Å². The van der Waals surface area contributed by atoms with Crippen LogP contribution in [0.15, 0.2) is 34.9 Å². The minimum atomic E-state index is -1.27. The number of hydrogen-bond donors (Lipinski definition) is 3. The lowest BCUT2D eigenvalue weighted by atomic mass is 10.1. The number of aromatic hydroxyl groups is 1. The fourth-order valence-electron chi connectivity index (χ4n) is 2.36. The number of nitrogens with one attached hydrogen (secondary N) is 1. The predicted molar refractivity (Wildman–Crippen MR) is 94.2 cm³/mol. The summed E-state index contributed by atoms with van der Waals surface area (Å²) < 4.78 is 26.8. The number of phenolic OH excluding ortho intramolecular Hbond substituents is 1. The van der Waals surface area contributed by atoms with Crippen LogP contribution in [0.4, 0.5) is 8.78 Å². The molecule has 3 aromatic rings. The highest BCUT2D eigenvalue weighted by Crippen LogP contribution is 2.34. The number of benzene rings is 2. The zero-order chi connectivity index (χ0) is 19.7. The fraction of sp³-hybridized carbons (Fsp3) is 0.0588. The van der Waals surface area contributed by atoms with Gasteiger partial charge in [0, 0.05) is 5.56 Å².